The van der Waals surface area contributed by atoms with Crippen LogP contribution in [0.5, 0.6) is 0 Å². The molecule has 3 atom stereocenters. The third-order valence-corrected chi connectivity index (χ3v) is 6.48. The Labute approximate surface area is 148 Å². The smallest absolute Gasteiger partial charge is 0.000645 e. The molecule has 1 saturated carbocycles. The van der Waals surface area contributed by atoms with Crippen LogP contribution in [-0.2, 0) is 5.41 Å². The zero-order valence-corrected chi connectivity index (χ0v) is 16.0. The maximum atomic E-state index is 2.50. The van der Waals surface area contributed by atoms with Gasteiger partial charge in [-0.2, -0.15) is 0 Å². The quantitative estimate of drug-likeness (QED) is 0.583. The van der Waals surface area contributed by atoms with Crippen molar-refractivity contribution in [2.24, 2.45) is 11.8 Å². The van der Waals surface area contributed by atoms with Crippen LogP contribution in [0.15, 0.2) is 48.5 Å². The van der Waals surface area contributed by atoms with Gasteiger partial charge in [-0.1, -0.05) is 80.4 Å². The van der Waals surface area contributed by atoms with Crippen LogP contribution in [0.1, 0.15) is 68.2 Å². The number of rotatable bonds is 3. The van der Waals surface area contributed by atoms with Crippen LogP contribution in [0.4, 0.5) is 0 Å². The van der Waals surface area contributed by atoms with Gasteiger partial charge in [0.15, 0.2) is 0 Å². The first-order chi connectivity index (χ1) is 11.4. The van der Waals surface area contributed by atoms with E-state index in [1.807, 2.05) is 0 Å². The summed E-state index contributed by atoms with van der Waals surface area (Å²) in [6.45, 7) is 11.6. The number of aryl methyl sites for hydroxylation is 2. The Kier molecular flexibility index (Phi) is 4.85. The van der Waals surface area contributed by atoms with Gasteiger partial charge < -0.3 is 0 Å². The van der Waals surface area contributed by atoms with Crippen molar-refractivity contribution in [3.05, 3.63) is 70.8 Å². The lowest BCUT2D eigenvalue weighted by molar-refractivity contribution is 0.173. The van der Waals surface area contributed by atoms with E-state index in [4.69, 9.17) is 0 Å². The largest absolute Gasteiger partial charge is 0.0625 e. The van der Waals surface area contributed by atoms with Crippen LogP contribution < -0.4 is 0 Å². The summed E-state index contributed by atoms with van der Waals surface area (Å²) in [6, 6.07) is 18.6. The zero-order valence-electron chi connectivity index (χ0n) is 16.0. The standard InChI is InChI=1S/C24H32/c1-17(2)21-14-15-24(5,22-12-8-19(4)9-13-22)23(16-21)20-10-6-18(3)7-11-20/h6-13,17,21,23H,14-16H2,1-5H3. The zero-order chi connectivity index (χ0) is 17.3. The van der Waals surface area contributed by atoms with Crippen molar-refractivity contribution in [3.8, 4) is 0 Å². The lowest BCUT2D eigenvalue weighted by Crippen LogP contribution is -2.37. The fourth-order valence-electron chi connectivity index (χ4n) is 4.53. The van der Waals surface area contributed by atoms with E-state index < -0.39 is 0 Å². The molecule has 0 saturated heterocycles. The van der Waals surface area contributed by atoms with Crippen LogP contribution in [0.3, 0.4) is 0 Å². The molecule has 1 fully saturated rings. The molecule has 0 aromatic heterocycles. The Morgan fingerprint density at radius 3 is 1.96 bits per heavy atom. The molecule has 0 amide bonds. The van der Waals surface area contributed by atoms with E-state index in [1.165, 1.54) is 41.5 Å². The van der Waals surface area contributed by atoms with Crippen molar-refractivity contribution < 1.29 is 0 Å². The molecule has 2 aromatic carbocycles. The van der Waals surface area contributed by atoms with Gasteiger partial charge in [0.25, 0.3) is 0 Å². The summed E-state index contributed by atoms with van der Waals surface area (Å²) in [5.74, 6) is 2.23. The molecule has 3 rings (SSSR count). The molecule has 1 aliphatic carbocycles. The highest BCUT2D eigenvalue weighted by Crippen LogP contribution is 2.52. The average molecular weight is 321 g/mol. The summed E-state index contributed by atoms with van der Waals surface area (Å²) in [5.41, 5.74) is 5.99. The van der Waals surface area contributed by atoms with Crippen LogP contribution in [0, 0.1) is 25.7 Å². The Morgan fingerprint density at radius 1 is 0.875 bits per heavy atom. The van der Waals surface area contributed by atoms with Gasteiger partial charge in [0, 0.05) is 0 Å². The second kappa shape index (κ2) is 6.75. The predicted octanol–water partition coefficient (Wildman–Crippen LogP) is 6.80. The first-order valence-corrected chi connectivity index (χ1v) is 9.54. The van der Waals surface area contributed by atoms with Crippen LogP contribution in [-0.4, -0.2) is 0 Å². The van der Waals surface area contributed by atoms with E-state index >= 15 is 0 Å². The van der Waals surface area contributed by atoms with Gasteiger partial charge in [-0.15, -0.1) is 0 Å². The summed E-state index contributed by atoms with van der Waals surface area (Å²) >= 11 is 0. The lowest BCUT2D eigenvalue weighted by atomic mass is 9.58. The first kappa shape index (κ1) is 17.3. The molecule has 128 valence electrons. The molecule has 0 nitrogen and oxygen atoms in total. The van der Waals surface area contributed by atoms with E-state index in [1.54, 1.807) is 0 Å². The highest BCUT2D eigenvalue weighted by atomic mass is 14.5. The van der Waals surface area contributed by atoms with E-state index in [-0.39, 0.29) is 5.41 Å². The number of hydrogen-bond donors (Lipinski definition) is 0. The van der Waals surface area contributed by atoms with Crippen molar-refractivity contribution in [2.75, 3.05) is 0 Å². The molecule has 0 aliphatic heterocycles. The molecule has 1 aliphatic rings. The van der Waals surface area contributed by atoms with Crippen molar-refractivity contribution in [1.82, 2.24) is 0 Å². The highest BCUT2D eigenvalue weighted by Gasteiger charge is 2.42. The van der Waals surface area contributed by atoms with Crippen molar-refractivity contribution in [3.63, 3.8) is 0 Å². The molecule has 0 heterocycles. The topological polar surface area (TPSA) is 0 Å². The molecule has 2 aromatic rings. The summed E-state index contributed by atoms with van der Waals surface area (Å²) in [6.07, 6.45) is 3.95. The Morgan fingerprint density at radius 2 is 1.42 bits per heavy atom. The van der Waals surface area contributed by atoms with Gasteiger partial charge in [0.05, 0.1) is 0 Å². The van der Waals surface area contributed by atoms with Gasteiger partial charge in [-0.25, -0.2) is 0 Å². The van der Waals surface area contributed by atoms with Gasteiger partial charge >= 0.3 is 0 Å². The third-order valence-electron chi connectivity index (χ3n) is 6.48. The SMILES string of the molecule is Cc1ccc(C2CC(C(C)C)CCC2(C)c2ccc(C)cc2)cc1. The molecule has 0 bridgehead atoms. The lowest BCUT2D eigenvalue weighted by Gasteiger charge is -2.46. The summed E-state index contributed by atoms with van der Waals surface area (Å²) in [4.78, 5) is 0. The predicted molar refractivity (Wildman–Crippen MR) is 105 cm³/mol. The van der Waals surface area contributed by atoms with E-state index in [9.17, 15) is 0 Å². The minimum atomic E-state index is 0.244. The van der Waals surface area contributed by atoms with Gasteiger partial charge in [0.1, 0.15) is 0 Å². The highest BCUT2D eigenvalue weighted by molar-refractivity contribution is 5.36. The van der Waals surface area contributed by atoms with Crippen LogP contribution in [0.2, 0.25) is 0 Å². The van der Waals surface area contributed by atoms with Crippen molar-refractivity contribution >= 4 is 0 Å². The van der Waals surface area contributed by atoms with E-state index in [2.05, 4.69) is 83.1 Å². The van der Waals surface area contributed by atoms with Crippen molar-refractivity contribution in [2.45, 2.75) is 65.2 Å². The second-order valence-corrected chi connectivity index (χ2v) is 8.53. The molecule has 24 heavy (non-hydrogen) atoms. The normalized spacial score (nSPS) is 27.4. The Balaban J connectivity index is 2.01. The first-order valence-electron chi connectivity index (χ1n) is 9.54. The van der Waals surface area contributed by atoms with Gasteiger partial charge in [0.2, 0.25) is 0 Å². The maximum Gasteiger partial charge on any atom is -0.000645 e. The Hall–Kier alpha value is -1.56. The molecule has 0 heteroatoms. The van der Waals surface area contributed by atoms with Crippen molar-refractivity contribution in [1.29, 1.82) is 0 Å². The number of hydrogen-bond acceptors (Lipinski definition) is 0. The Bertz CT molecular complexity index is 662. The molecule has 3 unspecified atom stereocenters. The van der Waals surface area contributed by atoms with Gasteiger partial charge in [-0.3, -0.25) is 0 Å². The molecule has 0 spiro atoms. The van der Waals surface area contributed by atoms with Crippen LogP contribution in [0.25, 0.3) is 0 Å². The molecular weight excluding hydrogens is 288 g/mol. The monoisotopic (exact) mass is 320 g/mol. The summed E-state index contributed by atoms with van der Waals surface area (Å²) in [7, 11) is 0. The minimum Gasteiger partial charge on any atom is -0.0625 e. The third kappa shape index (κ3) is 3.29. The number of benzene rings is 2. The fourth-order valence-corrected chi connectivity index (χ4v) is 4.53. The molecule has 0 radical (unpaired) electrons. The summed E-state index contributed by atoms with van der Waals surface area (Å²) < 4.78 is 0. The molecule has 0 N–H and O–H groups in total. The van der Waals surface area contributed by atoms with Crippen LogP contribution >= 0.6 is 0 Å². The minimum absolute atomic E-state index is 0.244. The average Bonchev–Trinajstić information content (AvgIpc) is 2.56. The molecular formula is C24H32. The fraction of sp³-hybridized carbons (Fsp3) is 0.500. The van der Waals surface area contributed by atoms with E-state index in [0.717, 1.165) is 11.8 Å². The van der Waals surface area contributed by atoms with Gasteiger partial charge in [-0.05, 0) is 67.4 Å². The maximum absolute atomic E-state index is 2.50. The van der Waals surface area contributed by atoms with E-state index in [0.29, 0.717) is 5.92 Å². The second-order valence-electron chi connectivity index (χ2n) is 8.53. The summed E-state index contributed by atoms with van der Waals surface area (Å²) in [5, 5.41) is 0.